The van der Waals surface area contributed by atoms with Crippen LogP contribution in [0.3, 0.4) is 0 Å². The predicted molar refractivity (Wildman–Crippen MR) is 110 cm³/mol. The molecule has 3 aliphatic rings. The number of hydrogen-bond donors (Lipinski definition) is 2. The lowest BCUT2D eigenvalue weighted by Gasteiger charge is -2.47. The van der Waals surface area contributed by atoms with E-state index in [0.29, 0.717) is 6.04 Å². The molecule has 0 radical (unpaired) electrons. The molecule has 144 valence electrons. The zero-order valence-electron chi connectivity index (χ0n) is 16.5. The maximum absolute atomic E-state index is 4.39. The minimum absolute atomic E-state index is 0.607. The number of hydrogen-bond acceptors (Lipinski definition) is 4. The number of piperazine rings is 3. The first-order valence-electron chi connectivity index (χ1n) is 9.92. The topological polar surface area (TPSA) is 46.1 Å². The predicted octanol–water partition coefficient (Wildman–Crippen LogP) is 0.986. The smallest absolute Gasteiger partial charge is 0.191 e. The molecular formula is C20H34N6. The summed E-state index contributed by atoms with van der Waals surface area (Å²) in [4.78, 5) is 12.0. The number of rotatable bonds is 7. The third kappa shape index (κ3) is 4.89. The zero-order valence-corrected chi connectivity index (χ0v) is 16.5. The van der Waals surface area contributed by atoms with Gasteiger partial charge in [-0.2, -0.15) is 0 Å². The van der Waals surface area contributed by atoms with E-state index in [-0.39, 0.29) is 0 Å². The fourth-order valence-electron chi connectivity index (χ4n) is 3.96. The van der Waals surface area contributed by atoms with E-state index in [9.17, 15) is 0 Å². The molecule has 6 heteroatoms. The van der Waals surface area contributed by atoms with Crippen LogP contribution in [0, 0.1) is 6.92 Å². The summed E-state index contributed by atoms with van der Waals surface area (Å²) >= 11 is 0. The Morgan fingerprint density at radius 3 is 2.65 bits per heavy atom. The monoisotopic (exact) mass is 358 g/mol. The van der Waals surface area contributed by atoms with Crippen LogP contribution >= 0.6 is 0 Å². The molecule has 2 N–H and O–H groups in total. The molecule has 1 aromatic rings. The number of nitrogens with one attached hydrogen (secondary N) is 2. The highest BCUT2D eigenvalue weighted by atomic mass is 15.4. The van der Waals surface area contributed by atoms with Crippen LogP contribution in [0.15, 0.2) is 29.3 Å². The molecule has 0 spiro atoms. The molecule has 3 saturated heterocycles. The van der Waals surface area contributed by atoms with Crippen molar-refractivity contribution in [1.82, 2.24) is 20.4 Å². The number of anilines is 1. The number of nitrogens with zero attached hydrogens (tertiary/aromatic N) is 4. The van der Waals surface area contributed by atoms with Crippen molar-refractivity contribution in [1.29, 1.82) is 0 Å². The molecule has 26 heavy (non-hydrogen) atoms. The summed E-state index contributed by atoms with van der Waals surface area (Å²) < 4.78 is 0. The van der Waals surface area contributed by atoms with Gasteiger partial charge >= 0.3 is 0 Å². The maximum atomic E-state index is 4.39. The Hall–Kier alpha value is -1.79. The van der Waals surface area contributed by atoms with Gasteiger partial charge in [-0.05, 0) is 31.5 Å². The quantitative estimate of drug-likeness (QED) is 0.562. The van der Waals surface area contributed by atoms with Crippen LogP contribution in [0.5, 0.6) is 0 Å². The van der Waals surface area contributed by atoms with Crippen LogP contribution in [-0.2, 0) is 0 Å². The first-order chi connectivity index (χ1) is 12.7. The molecule has 1 aromatic carbocycles. The number of aryl methyl sites for hydroxylation is 1. The Labute approximate surface area is 158 Å². The van der Waals surface area contributed by atoms with Gasteiger partial charge in [-0.15, -0.1) is 0 Å². The van der Waals surface area contributed by atoms with Gasteiger partial charge in [0.15, 0.2) is 5.96 Å². The van der Waals surface area contributed by atoms with Crippen molar-refractivity contribution in [2.24, 2.45) is 4.99 Å². The number of aliphatic imine (C=N–C) groups is 1. The van der Waals surface area contributed by atoms with Gasteiger partial charge in [0.2, 0.25) is 0 Å². The van der Waals surface area contributed by atoms with E-state index in [1.165, 1.54) is 44.0 Å². The van der Waals surface area contributed by atoms with E-state index >= 15 is 0 Å². The van der Waals surface area contributed by atoms with E-state index < -0.39 is 0 Å². The molecule has 0 saturated carbocycles. The molecule has 3 heterocycles. The van der Waals surface area contributed by atoms with Crippen LogP contribution in [0.4, 0.5) is 5.69 Å². The summed E-state index contributed by atoms with van der Waals surface area (Å²) in [6, 6.07) is 9.32. The van der Waals surface area contributed by atoms with Crippen LogP contribution in [-0.4, -0.2) is 87.8 Å². The molecule has 3 aliphatic heterocycles. The fraction of sp³-hybridized carbons (Fsp3) is 0.650. The summed E-state index contributed by atoms with van der Waals surface area (Å²) in [5, 5.41) is 6.98. The lowest BCUT2D eigenvalue weighted by molar-refractivity contribution is 0.0154. The van der Waals surface area contributed by atoms with Gasteiger partial charge in [0.25, 0.3) is 0 Å². The third-order valence-electron chi connectivity index (χ3n) is 5.54. The molecule has 0 aliphatic carbocycles. The van der Waals surface area contributed by atoms with Crippen molar-refractivity contribution in [2.75, 3.05) is 70.9 Å². The van der Waals surface area contributed by atoms with E-state index in [0.717, 1.165) is 32.1 Å². The van der Waals surface area contributed by atoms with E-state index in [2.05, 4.69) is 68.4 Å². The highest BCUT2D eigenvalue weighted by Gasteiger charge is 2.31. The molecule has 4 rings (SSSR count). The molecule has 0 aromatic heterocycles. The van der Waals surface area contributed by atoms with Crippen LogP contribution < -0.4 is 15.5 Å². The summed E-state index contributed by atoms with van der Waals surface area (Å²) in [6.07, 6.45) is 0. The highest BCUT2D eigenvalue weighted by Crippen LogP contribution is 2.15. The Morgan fingerprint density at radius 2 is 2.04 bits per heavy atom. The molecule has 0 amide bonds. The first kappa shape index (κ1) is 19.0. The number of benzene rings is 1. The third-order valence-corrected chi connectivity index (χ3v) is 5.54. The average molecular weight is 359 g/mol. The second-order valence-corrected chi connectivity index (χ2v) is 7.29. The van der Waals surface area contributed by atoms with Crippen LogP contribution in [0.1, 0.15) is 12.5 Å². The van der Waals surface area contributed by atoms with Crippen LogP contribution in [0.2, 0.25) is 0 Å². The molecule has 2 bridgehead atoms. The van der Waals surface area contributed by atoms with Crippen molar-refractivity contribution in [2.45, 2.75) is 19.9 Å². The van der Waals surface area contributed by atoms with Gasteiger partial charge in [-0.1, -0.05) is 12.1 Å². The highest BCUT2D eigenvalue weighted by molar-refractivity contribution is 5.79. The second kappa shape index (κ2) is 9.24. The standard InChI is InChI=1S/C20H34N6/c1-4-25(18-7-5-6-17(2)14-18)9-8-22-20(21-3)23-15-19-16-24-10-12-26(19)13-11-24/h5-7,14,19H,4,8-13,15-16H2,1-3H3,(H2,21,22,23). The van der Waals surface area contributed by atoms with Crippen molar-refractivity contribution in [3.05, 3.63) is 29.8 Å². The first-order valence-corrected chi connectivity index (χ1v) is 9.92. The van der Waals surface area contributed by atoms with E-state index in [1.807, 2.05) is 7.05 Å². The number of fused-ring (bicyclic) bond motifs is 3. The van der Waals surface area contributed by atoms with Crippen molar-refractivity contribution >= 4 is 11.6 Å². The fourth-order valence-corrected chi connectivity index (χ4v) is 3.96. The van der Waals surface area contributed by atoms with E-state index in [4.69, 9.17) is 0 Å². The summed E-state index contributed by atoms with van der Waals surface area (Å²) in [6.45, 7) is 14.2. The van der Waals surface area contributed by atoms with Gasteiger partial charge in [0, 0.05) is 77.7 Å². The summed E-state index contributed by atoms with van der Waals surface area (Å²) in [5.74, 6) is 0.906. The molecule has 1 unspecified atom stereocenters. The van der Waals surface area contributed by atoms with Crippen LogP contribution in [0.25, 0.3) is 0 Å². The van der Waals surface area contributed by atoms with Gasteiger partial charge in [-0.25, -0.2) is 0 Å². The summed E-state index contributed by atoms with van der Waals surface area (Å²) in [7, 11) is 1.85. The van der Waals surface area contributed by atoms with Gasteiger partial charge in [0.1, 0.15) is 0 Å². The number of guanidine groups is 1. The normalized spacial score (nSPS) is 25.2. The van der Waals surface area contributed by atoms with Gasteiger partial charge < -0.3 is 15.5 Å². The Morgan fingerprint density at radius 1 is 1.23 bits per heavy atom. The SMILES string of the molecule is CCN(CCNC(=NC)NCC1CN2CCN1CC2)c1cccc(C)c1. The Balaban J connectivity index is 1.42. The Kier molecular flexibility index (Phi) is 6.74. The average Bonchev–Trinajstić information content (AvgIpc) is 2.68. The number of likely N-dealkylation sites (N-methyl/N-ethyl adjacent to an activating group) is 1. The maximum Gasteiger partial charge on any atom is 0.191 e. The van der Waals surface area contributed by atoms with Crippen molar-refractivity contribution in [3.8, 4) is 0 Å². The Bertz CT molecular complexity index is 594. The molecule has 1 atom stereocenters. The van der Waals surface area contributed by atoms with E-state index in [1.54, 1.807) is 0 Å². The molecule has 6 nitrogen and oxygen atoms in total. The zero-order chi connectivity index (χ0) is 18.4. The minimum atomic E-state index is 0.607. The summed E-state index contributed by atoms with van der Waals surface area (Å²) in [5.41, 5.74) is 2.59. The lowest BCUT2D eigenvalue weighted by Crippen LogP contribution is -2.63. The van der Waals surface area contributed by atoms with Crippen molar-refractivity contribution < 1.29 is 0 Å². The van der Waals surface area contributed by atoms with Gasteiger partial charge in [-0.3, -0.25) is 14.8 Å². The lowest BCUT2D eigenvalue weighted by atomic mass is 10.1. The largest absolute Gasteiger partial charge is 0.370 e. The minimum Gasteiger partial charge on any atom is -0.370 e. The second-order valence-electron chi connectivity index (χ2n) is 7.29. The molecule has 3 fully saturated rings. The van der Waals surface area contributed by atoms with Crippen molar-refractivity contribution in [3.63, 3.8) is 0 Å². The van der Waals surface area contributed by atoms with Gasteiger partial charge in [0.05, 0.1) is 0 Å². The molecular weight excluding hydrogens is 324 g/mol.